The van der Waals surface area contributed by atoms with Gasteiger partial charge in [0.1, 0.15) is 0 Å². The van der Waals surface area contributed by atoms with Gasteiger partial charge in [-0.2, -0.15) is 0 Å². The number of ether oxygens (including phenoxy) is 1. The zero-order chi connectivity index (χ0) is 18.2. The Balaban J connectivity index is 1.42. The standard InChI is InChI=1S/C22H31N3O/c1-24(21-6-4-3-5-7-21)22-10-8-19(9-11-22)16-23-17-20-12-13-25(18-20)14-15-26-2/h3-11,20,23H,12-18H2,1-2H3. The lowest BCUT2D eigenvalue weighted by Gasteiger charge is -2.20. The van der Waals surface area contributed by atoms with Crippen LogP contribution in [0.2, 0.25) is 0 Å². The number of nitrogens with zero attached hydrogens (tertiary/aromatic N) is 2. The third kappa shape index (κ3) is 5.31. The number of anilines is 2. The molecule has 0 spiro atoms. The molecule has 1 aliphatic rings. The van der Waals surface area contributed by atoms with Crippen LogP contribution in [0.5, 0.6) is 0 Å². The van der Waals surface area contributed by atoms with Crippen molar-refractivity contribution >= 4 is 11.4 Å². The highest BCUT2D eigenvalue weighted by molar-refractivity contribution is 5.62. The van der Waals surface area contributed by atoms with E-state index >= 15 is 0 Å². The monoisotopic (exact) mass is 353 g/mol. The third-order valence-electron chi connectivity index (χ3n) is 5.21. The summed E-state index contributed by atoms with van der Waals surface area (Å²) >= 11 is 0. The fraction of sp³-hybridized carbons (Fsp3) is 0.455. The van der Waals surface area contributed by atoms with Crippen LogP contribution in [0.1, 0.15) is 12.0 Å². The molecule has 0 aromatic heterocycles. The van der Waals surface area contributed by atoms with Gasteiger partial charge in [0.15, 0.2) is 0 Å². The van der Waals surface area contributed by atoms with Crippen LogP contribution in [0.3, 0.4) is 0 Å². The van der Waals surface area contributed by atoms with E-state index in [4.69, 9.17) is 4.74 Å². The largest absolute Gasteiger partial charge is 0.383 e. The topological polar surface area (TPSA) is 27.7 Å². The predicted octanol–water partition coefficient (Wildman–Crippen LogP) is 3.51. The average molecular weight is 354 g/mol. The molecule has 140 valence electrons. The molecule has 2 aromatic rings. The van der Waals surface area contributed by atoms with E-state index in [-0.39, 0.29) is 0 Å². The first kappa shape index (κ1) is 18.9. The van der Waals surface area contributed by atoms with Gasteiger partial charge in [0.2, 0.25) is 0 Å². The quantitative estimate of drug-likeness (QED) is 0.747. The molecule has 0 radical (unpaired) electrons. The van der Waals surface area contributed by atoms with Crippen molar-refractivity contribution in [3.8, 4) is 0 Å². The maximum absolute atomic E-state index is 5.17. The smallest absolute Gasteiger partial charge is 0.0589 e. The summed E-state index contributed by atoms with van der Waals surface area (Å²) in [6, 6.07) is 19.3. The van der Waals surface area contributed by atoms with Gasteiger partial charge in [-0.05, 0) is 55.3 Å². The van der Waals surface area contributed by atoms with E-state index in [1.54, 1.807) is 7.11 Å². The number of hydrogen-bond donors (Lipinski definition) is 1. The van der Waals surface area contributed by atoms with Crippen molar-refractivity contribution in [3.63, 3.8) is 0 Å². The Labute approximate surface area is 157 Å². The third-order valence-corrected chi connectivity index (χ3v) is 5.21. The van der Waals surface area contributed by atoms with Crippen LogP contribution >= 0.6 is 0 Å². The lowest BCUT2D eigenvalue weighted by atomic mass is 10.1. The van der Waals surface area contributed by atoms with Gasteiger partial charge < -0.3 is 19.9 Å². The maximum atomic E-state index is 5.17. The molecular formula is C22H31N3O. The first-order chi connectivity index (χ1) is 12.8. The molecule has 1 unspecified atom stereocenters. The molecule has 1 heterocycles. The molecule has 0 amide bonds. The summed E-state index contributed by atoms with van der Waals surface area (Å²) in [6.45, 7) is 6.32. The van der Waals surface area contributed by atoms with Crippen molar-refractivity contribution in [2.45, 2.75) is 13.0 Å². The molecule has 0 bridgehead atoms. The number of likely N-dealkylation sites (tertiary alicyclic amines) is 1. The van der Waals surface area contributed by atoms with Crippen molar-refractivity contribution in [3.05, 3.63) is 60.2 Å². The lowest BCUT2D eigenvalue weighted by Crippen LogP contribution is -2.28. The molecule has 0 aliphatic carbocycles. The van der Waals surface area contributed by atoms with Crippen LogP contribution in [0.25, 0.3) is 0 Å². The normalized spacial score (nSPS) is 17.5. The fourth-order valence-electron chi connectivity index (χ4n) is 3.56. The van der Waals surface area contributed by atoms with E-state index in [1.165, 1.54) is 36.4 Å². The summed E-state index contributed by atoms with van der Waals surface area (Å²) in [7, 11) is 3.88. The summed E-state index contributed by atoms with van der Waals surface area (Å²) in [4.78, 5) is 4.72. The van der Waals surface area contributed by atoms with Crippen LogP contribution in [-0.2, 0) is 11.3 Å². The van der Waals surface area contributed by atoms with Gasteiger partial charge in [0.25, 0.3) is 0 Å². The van der Waals surface area contributed by atoms with E-state index in [9.17, 15) is 0 Å². The SMILES string of the molecule is COCCN1CCC(CNCc2ccc(N(C)c3ccccc3)cc2)C1. The second-order valence-corrected chi connectivity index (χ2v) is 7.14. The molecule has 4 nitrogen and oxygen atoms in total. The summed E-state index contributed by atoms with van der Waals surface area (Å²) in [5.74, 6) is 0.760. The number of nitrogens with one attached hydrogen (secondary N) is 1. The number of hydrogen-bond acceptors (Lipinski definition) is 4. The zero-order valence-corrected chi connectivity index (χ0v) is 16.0. The van der Waals surface area contributed by atoms with Gasteiger partial charge in [0, 0.05) is 45.2 Å². The van der Waals surface area contributed by atoms with Gasteiger partial charge in [-0.15, -0.1) is 0 Å². The van der Waals surface area contributed by atoms with E-state index < -0.39 is 0 Å². The average Bonchev–Trinajstić information content (AvgIpc) is 3.15. The Morgan fingerprint density at radius 1 is 1.08 bits per heavy atom. The summed E-state index contributed by atoms with van der Waals surface area (Å²) in [6.07, 6.45) is 1.29. The Hall–Kier alpha value is -1.88. The molecule has 1 saturated heterocycles. The molecular weight excluding hydrogens is 322 g/mol. The summed E-state index contributed by atoms with van der Waals surface area (Å²) < 4.78 is 5.17. The van der Waals surface area contributed by atoms with Gasteiger partial charge >= 0.3 is 0 Å². The molecule has 3 rings (SSSR count). The lowest BCUT2D eigenvalue weighted by molar-refractivity contribution is 0.159. The number of para-hydroxylation sites is 1. The van der Waals surface area contributed by atoms with Crippen molar-refractivity contribution in [2.24, 2.45) is 5.92 Å². The van der Waals surface area contributed by atoms with E-state index in [2.05, 4.69) is 70.7 Å². The summed E-state index contributed by atoms with van der Waals surface area (Å²) in [5.41, 5.74) is 3.76. The van der Waals surface area contributed by atoms with Crippen LogP contribution in [0, 0.1) is 5.92 Å². The second-order valence-electron chi connectivity index (χ2n) is 7.14. The minimum atomic E-state index is 0.760. The number of methoxy groups -OCH3 is 1. The van der Waals surface area contributed by atoms with E-state index in [0.717, 1.165) is 32.2 Å². The molecule has 2 aromatic carbocycles. The Morgan fingerprint density at radius 2 is 1.81 bits per heavy atom. The van der Waals surface area contributed by atoms with Gasteiger partial charge in [0.05, 0.1) is 6.61 Å². The summed E-state index contributed by atoms with van der Waals surface area (Å²) in [5, 5.41) is 3.63. The maximum Gasteiger partial charge on any atom is 0.0589 e. The zero-order valence-electron chi connectivity index (χ0n) is 16.0. The number of benzene rings is 2. The van der Waals surface area contributed by atoms with Crippen LogP contribution < -0.4 is 10.2 Å². The van der Waals surface area contributed by atoms with Crippen LogP contribution in [-0.4, -0.2) is 51.8 Å². The Morgan fingerprint density at radius 3 is 2.54 bits per heavy atom. The minimum absolute atomic E-state index is 0.760. The van der Waals surface area contributed by atoms with Gasteiger partial charge in [-0.25, -0.2) is 0 Å². The van der Waals surface area contributed by atoms with Crippen molar-refractivity contribution in [2.75, 3.05) is 51.8 Å². The fourth-order valence-corrected chi connectivity index (χ4v) is 3.56. The van der Waals surface area contributed by atoms with Crippen LogP contribution in [0.15, 0.2) is 54.6 Å². The predicted molar refractivity (Wildman–Crippen MR) is 109 cm³/mol. The van der Waals surface area contributed by atoms with Crippen LogP contribution in [0.4, 0.5) is 11.4 Å². The highest BCUT2D eigenvalue weighted by Gasteiger charge is 2.21. The number of rotatable bonds is 9. The highest BCUT2D eigenvalue weighted by atomic mass is 16.5. The molecule has 1 atom stereocenters. The first-order valence-electron chi connectivity index (χ1n) is 9.56. The molecule has 0 saturated carbocycles. The highest BCUT2D eigenvalue weighted by Crippen LogP contribution is 2.23. The Kier molecular flexibility index (Phi) is 7.06. The molecule has 4 heteroatoms. The van der Waals surface area contributed by atoms with E-state index in [1.807, 2.05) is 6.07 Å². The van der Waals surface area contributed by atoms with Crippen molar-refractivity contribution in [1.82, 2.24) is 10.2 Å². The molecule has 26 heavy (non-hydrogen) atoms. The van der Waals surface area contributed by atoms with E-state index in [0.29, 0.717) is 0 Å². The minimum Gasteiger partial charge on any atom is -0.383 e. The molecule has 1 fully saturated rings. The second kappa shape index (κ2) is 9.72. The van der Waals surface area contributed by atoms with Crippen molar-refractivity contribution < 1.29 is 4.74 Å². The molecule has 1 N–H and O–H groups in total. The first-order valence-corrected chi connectivity index (χ1v) is 9.56. The van der Waals surface area contributed by atoms with Gasteiger partial charge in [-0.3, -0.25) is 0 Å². The van der Waals surface area contributed by atoms with Crippen molar-refractivity contribution in [1.29, 1.82) is 0 Å². The Bertz CT molecular complexity index is 644. The van der Waals surface area contributed by atoms with Gasteiger partial charge in [-0.1, -0.05) is 30.3 Å². The molecule has 1 aliphatic heterocycles.